The van der Waals surface area contributed by atoms with Crippen LogP contribution in [0.1, 0.15) is 12.1 Å². The molecule has 68 valence electrons. The molecule has 0 aliphatic rings. The zero-order valence-electron chi connectivity index (χ0n) is 7.36. The monoisotopic (exact) mass is 176 g/mol. The minimum Gasteiger partial charge on any atom is -0.491 e. The molecule has 0 aromatic carbocycles. The Kier molecular flexibility index (Phi) is 3.80. The minimum absolute atomic E-state index is 0.449. The van der Waals surface area contributed by atoms with E-state index in [0.29, 0.717) is 19.6 Å². The van der Waals surface area contributed by atoms with Crippen molar-refractivity contribution in [2.24, 2.45) is 5.73 Å². The van der Waals surface area contributed by atoms with E-state index in [1.54, 1.807) is 6.20 Å². The van der Waals surface area contributed by atoms with E-state index < -0.39 is 0 Å². The Labute approximate surface area is 77.9 Å². The van der Waals surface area contributed by atoms with Gasteiger partial charge in [-0.3, -0.25) is 4.98 Å². The quantitative estimate of drug-likeness (QED) is 0.548. The number of pyridine rings is 1. The maximum absolute atomic E-state index is 5.39. The van der Waals surface area contributed by atoms with Gasteiger partial charge in [-0.2, -0.15) is 0 Å². The van der Waals surface area contributed by atoms with Crippen LogP contribution in [0, 0.1) is 12.3 Å². The number of nitrogens with zero attached hydrogens (tertiary/aromatic N) is 1. The highest BCUT2D eigenvalue weighted by molar-refractivity contribution is 5.19. The molecule has 0 saturated carbocycles. The second-order valence-corrected chi connectivity index (χ2v) is 2.49. The van der Waals surface area contributed by atoms with Gasteiger partial charge in [0.1, 0.15) is 5.75 Å². The normalized spacial score (nSPS) is 9.23. The minimum atomic E-state index is 0.449. The molecule has 0 aliphatic heterocycles. The molecule has 0 spiro atoms. The fraction of sp³-hybridized carbons (Fsp3) is 0.300. The molecule has 0 saturated heterocycles. The number of terminal acetylenes is 1. The molecule has 0 amide bonds. The average molecular weight is 176 g/mol. The SMILES string of the molecule is C#CCCOc1ccc(CN)nc1. The first-order valence-corrected chi connectivity index (χ1v) is 4.08. The van der Waals surface area contributed by atoms with Crippen molar-refractivity contribution in [3.63, 3.8) is 0 Å². The van der Waals surface area contributed by atoms with Crippen molar-refractivity contribution in [2.45, 2.75) is 13.0 Å². The third kappa shape index (κ3) is 3.14. The van der Waals surface area contributed by atoms with Gasteiger partial charge in [0.2, 0.25) is 0 Å². The average Bonchev–Trinajstić information content (AvgIpc) is 2.19. The van der Waals surface area contributed by atoms with Crippen molar-refractivity contribution in [1.29, 1.82) is 0 Å². The van der Waals surface area contributed by atoms with Crippen molar-refractivity contribution < 1.29 is 4.74 Å². The second-order valence-electron chi connectivity index (χ2n) is 2.49. The van der Waals surface area contributed by atoms with Crippen LogP contribution in [0.15, 0.2) is 18.3 Å². The Hall–Kier alpha value is -1.53. The predicted molar refractivity (Wildman–Crippen MR) is 51.1 cm³/mol. The highest BCUT2D eigenvalue weighted by atomic mass is 16.5. The first-order chi connectivity index (χ1) is 6.36. The molecule has 0 atom stereocenters. The molecule has 0 radical (unpaired) electrons. The summed E-state index contributed by atoms with van der Waals surface area (Å²) in [5.41, 5.74) is 6.24. The number of hydrogen-bond acceptors (Lipinski definition) is 3. The maximum atomic E-state index is 5.39. The van der Waals surface area contributed by atoms with E-state index in [-0.39, 0.29) is 0 Å². The highest BCUT2D eigenvalue weighted by Crippen LogP contribution is 2.08. The summed E-state index contributed by atoms with van der Waals surface area (Å²) in [6.07, 6.45) is 7.34. The van der Waals surface area contributed by atoms with Crippen LogP contribution in [0.3, 0.4) is 0 Å². The molecule has 0 aliphatic carbocycles. The van der Waals surface area contributed by atoms with Crippen LogP contribution in [0.5, 0.6) is 5.75 Å². The third-order valence-corrected chi connectivity index (χ3v) is 1.52. The molecule has 13 heavy (non-hydrogen) atoms. The molecule has 1 rings (SSSR count). The van der Waals surface area contributed by atoms with Gasteiger partial charge >= 0.3 is 0 Å². The van der Waals surface area contributed by atoms with E-state index in [0.717, 1.165) is 11.4 Å². The number of aromatic nitrogens is 1. The Balaban J connectivity index is 2.45. The van der Waals surface area contributed by atoms with Gasteiger partial charge in [-0.25, -0.2) is 0 Å². The number of nitrogens with two attached hydrogens (primary N) is 1. The summed E-state index contributed by atoms with van der Waals surface area (Å²) in [5.74, 6) is 3.22. The summed E-state index contributed by atoms with van der Waals surface area (Å²) in [6, 6.07) is 3.68. The molecule has 0 fully saturated rings. The summed E-state index contributed by atoms with van der Waals surface area (Å²) in [6.45, 7) is 0.977. The van der Waals surface area contributed by atoms with Crippen molar-refractivity contribution in [1.82, 2.24) is 4.98 Å². The fourth-order valence-corrected chi connectivity index (χ4v) is 0.845. The number of rotatable bonds is 4. The summed E-state index contributed by atoms with van der Waals surface area (Å²) >= 11 is 0. The molecule has 0 bridgehead atoms. The Morgan fingerprint density at radius 1 is 1.54 bits per heavy atom. The summed E-state index contributed by atoms with van der Waals surface area (Å²) in [5, 5.41) is 0. The molecule has 0 unspecified atom stereocenters. The Morgan fingerprint density at radius 2 is 2.38 bits per heavy atom. The lowest BCUT2D eigenvalue weighted by Gasteiger charge is -2.03. The van der Waals surface area contributed by atoms with Crippen molar-refractivity contribution in [3.8, 4) is 18.1 Å². The van der Waals surface area contributed by atoms with Crippen LogP contribution < -0.4 is 10.5 Å². The largest absolute Gasteiger partial charge is 0.491 e. The van der Waals surface area contributed by atoms with E-state index in [9.17, 15) is 0 Å². The van der Waals surface area contributed by atoms with Crippen molar-refractivity contribution in [3.05, 3.63) is 24.0 Å². The van der Waals surface area contributed by atoms with Gasteiger partial charge in [-0.05, 0) is 12.1 Å². The second kappa shape index (κ2) is 5.18. The molecular weight excluding hydrogens is 164 g/mol. The van der Waals surface area contributed by atoms with Gasteiger partial charge in [0.15, 0.2) is 0 Å². The first kappa shape index (κ1) is 9.56. The third-order valence-electron chi connectivity index (χ3n) is 1.52. The van der Waals surface area contributed by atoms with Gasteiger partial charge in [0, 0.05) is 13.0 Å². The molecule has 1 heterocycles. The van der Waals surface area contributed by atoms with Crippen molar-refractivity contribution in [2.75, 3.05) is 6.61 Å². The highest BCUT2D eigenvalue weighted by Gasteiger charge is 1.93. The van der Waals surface area contributed by atoms with E-state index in [1.165, 1.54) is 0 Å². The van der Waals surface area contributed by atoms with Crippen LogP contribution in [-0.2, 0) is 6.54 Å². The molecule has 3 nitrogen and oxygen atoms in total. The molecule has 2 N–H and O–H groups in total. The van der Waals surface area contributed by atoms with Gasteiger partial charge in [-0.1, -0.05) is 0 Å². The molecule has 1 aromatic rings. The van der Waals surface area contributed by atoms with Crippen LogP contribution in [0.4, 0.5) is 0 Å². The van der Waals surface area contributed by atoms with E-state index in [4.69, 9.17) is 16.9 Å². The number of hydrogen-bond donors (Lipinski definition) is 1. The fourth-order valence-electron chi connectivity index (χ4n) is 0.845. The van der Waals surface area contributed by atoms with Crippen LogP contribution in [0.2, 0.25) is 0 Å². The molecular formula is C10H12N2O. The van der Waals surface area contributed by atoms with E-state index in [2.05, 4.69) is 10.9 Å². The lowest BCUT2D eigenvalue weighted by atomic mass is 10.3. The van der Waals surface area contributed by atoms with E-state index >= 15 is 0 Å². The number of ether oxygens (including phenoxy) is 1. The zero-order valence-corrected chi connectivity index (χ0v) is 7.36. The Morgan fingerprint density at radius 3 is 2.92 bits per heavy atom. The van der Waals surface area contributed by atoms with Gasteiger partial charge < -0.3 is 10.5 Å². The maximum Gasteiger partial charge on any atom is 0.137 e. The lowest BCUT2D eigenvalue weighted by Crippen LogP contribution is -2.00. The molecule has 3 heteroatoms. The van der Waals surface area contributed by atoms with Gasteiger partial charge in [0.05, 0.1) is 18.5 Å². The smallest absolute Gasteiger partial charge is 0.137 e. The lowest BCUT2D eigenvalue weighted by molar-refractivity contribution is 0.326. The summed E-state index contributed by atoms with van der Waals surface area (Å²) in [7, 11) is 0. The zero-order chi connectivity index (χ0) is 9.52. The van der Waals surface area contributed by atoms with Gasteiger partial charge in [-0.15, -0.1) is 12.3 Å². The molecule has 1 aromatic heterocycles. The topological polar surface area (TPSA) is 48.1 Å². The van der Waals surface area contributed by atoms with Crippen LogP contribution in [0.25, 0.3) is 0 Å². The Bertz CT molecular complexity index is 287. The first-order valence-electron chi connectivity index (χ1n) is 4.08. The predicted octanol–water partition coefficient (Wildman–Crippen LogP) is 0.942. The van der Waals surface area contributed by atoms with Crippen LogP contribution >= 0.6 is 0 Å². The van der Waals surface area contributed by atoms with E-state index in [1.807, 2.05) is 12.1 Å². The summed E-state index contributed by atoms with van der Waals surface area (Å²) < 4.78 is 5.30. The van der Waals surface area contributed by atoms with Crippen molar-refractivity contribution >= 4 is 0 Å². The van der Waals surface area contributed by atoms with Gasteiger partial charge in [0.25, 0.3) is 0 Å². The standard InChI is InChI=1S/C10H12N2O/c1-2-3-6-13-10-5-4-9(7-11)12-8-10/h1,4-5,8H,3,6-7,11H2. The summed E-state index contributed by atoms with van der Waals surface area (Å²) in [4.78, 5) is 4.07. The van der Waals surface area contributed by atoms with Crippen LogP contribution in [-0.4, -0.2) is 11.6 Å².